The molecule has 0 aliphatic heterocycles. The summed E-state index contributed by atoms with van der Waals surface area (Å²) in [4.78, 5) is 0.193. The fourth-order valence-corrected chi connectivity index (χ4v) is 3.12. The van der Waals surface area contributed by atoms with Crippen molar-refractivity contribution in [2.45, 2.75) is 24.7 Å². The Bertz CT molecular complexity index is 722. The normalized spacial score (nSPS) is 11.7. The Labute approximate surface area is 125 Å². The number of aromatic nitrogens is 2. The zero-order valence-electron chi connectivity index (χ0n) is 12.2. The van der Waals surface area contributed by atoms with Crippen molar-refractivity contribution in [3.8, 4) is 0 Å². The van der Waals surface area contributed by atoms with Crippen molar-refractivity contribution in [3.63, 3.8) is 0 Å². The van der Waals surface area contributed by atoms with Gasteiger partial charge in [0, 0.05) is 31.9 Å². The van der Waals surface area contributed by atoms with E-state index in [4.69, 9.17) is 5.73 Å². The number of nitrogens with one attached hydrogen (secondary N) is 1. The number of hydrogen-bond donors (Lipinski definition) is 2. The van der Waals surface area contributed by atoms with Crippen LogP contribution in [0.2, 0.25) is 0 Å². The van der Waals surface area contributed by atoms with Gasteiger partial charge in [-0.3, -0.25) is 4.68 Å². The fourth-order valence-electron chi connectivity index (χ4n) is 2.06. The minimum absolute atomic E-state index is 0.193. The van der Waals surface area contributed by atoms with Crippen LogP contribution in [0.3, 0.4) is 0 Å². The van der Waals surface area contributed by atoms with Crippen LogP contribution >= 0.6 is 0 Å². The van der Waals surface area contributed by atoms with Gasteiger partial charge in [0.15, 0.2) is 0 Å². The van der Waals surface area contributed by atoms with Gasteiger partial charge in [-0.25, -0.2) is 13.1 Å². The summed E-state index contributed by atoms with van der Waals surface area (Å²) < 4.78 is 28.6. The van der Waals surface area contributed by atoms with Crippen molar-refractivity contribution in [1.29, 1.82) is 0 Å². The lowest BCUT2D eigenvalue weighted by atomic mass is 10.1. The number of benzene rings is 1. The number of hydrogen-bond acceptors (Lipinski definition) is 4. The molecule has 0 aliphatic rings. The molecule has 2 rings (SSSR count). The molecule has 1 heterocycles. The van der Waals surface area contributed by atoms with Crippen LogP contribution in [0.25, 0.3) is 0 Å². The summed E-state index contributed by atoms with van der Waals surface area (Å²) in [7, 11) is -1.71. The second-order valence-corrected chi connectivity index (χ2v) is 6.61. The highest BCUT2D eigenvalue weighted by Crippen LogP contribution is 2.18. The second-order valence-electron chi connectivity index (χ2n) is 4.84. The summed E-state index contributed by atoms with van der Waals surface area (Å²) in [6.45, 7) is 2.28. The van der Waals surface area contributed by atoms with Gasteiger partial charge < -0.3 is 5.73 Å². The van der Waals surface area contributed by atoms with Crippen LogP contribution in [0.1, 0.15) is 18.2 Å². The molecule has 0 unspecified atom stereocenters. The standard InChI is InChI=1S/C14H20N4O2S/c1-3-11-4-5-13(10-14(11)15)21(19,20)16-8-6-12-7-9-18(2)17-12/h4-5,7,9-10,16H,3,6,8,15H2,1-2H3. The molecular formula is C14H20N4O2S. The first kappa shape index (κ1) is 15.5. The zero-order chi connectivity index (χ0) is 15.5. The first-order valence-electron chi connectivity index (χ1n) is 6.79. The number of nitrogens with zero attached hydrogens (tertiary/aromatic N) is 2. The molecule has 0 fully saturated rings. The zero-order valence-corrected chi connectivity index (χ0v) is 13.0. The Morgan fingerprint density at radius 2 is 2.10 bits per heavy atom. The number of nitrogens with two attached hydrogens (primary N) is 1. The van der Waals surface area contributed by atoms with E-state index in [1.54, 1.807) is 16.8 Å². The molecule has 0 atom stereocenters. The topological polar surface area (TPSA) is 90.0 Å². The Morgan fingerprint density at radius 3 is 2.67 bits per heavy atom. The first-order chi connectivity index (χ1) is 9.92. The van der Waals surface area contributed by atoms with Gasteiger partial charge in [-0.05, 0) is 30.2 Å². The smallest absolute Gasteiger partial charge is 0.240 e. The van der Waals surface area contributed by atoms with Gasteiger partial charge in [-0.1, -0.05) is 13.0 Å². The average molecular weight is 308 g/mol. The van der Waals surface area contributed by atoms with Gasteiger partial charge in [-0.2, -0.15) is 5.10 Å². The maximum absolute atomic E-state index is 12.2. The third-order valence-corrected chi connectivity index (χ3v) is 4.71. The van der Waals surface area contributed by atoms with Crippen molar-refractivity contribution in [3.05, 3.63) is 41.7 Å². The highest BCUT2D eigenvalue weighted by atomic mass is 32.2. The second kappa shape index (κ2) is 6.28. The van der Waals surface area contributed by atoms with E-state index in [0.29, 0.717) is 18.7 Å². The SMILES string of the molecule is CCc1ccc(S(=O)(=O)NCCc2ccn(C)n2)cc1N. The Morgan fingerprint density at radius 1 is 1.33 bits per heavy atom. The van der Waals surface area contributed by atoms with Crippen LogP contribution in [0.5, 0.6) is 0 Å². The summed E-state index contributed by atoms with van der Waals surface area (Å²) in [5.74, 6) is 0. The number of aryl methyl sites for hydroxylation is 2. The van der Waals surface area contributed by atoms with E-state index in [9.17, 15) is 8.42 Å². The quantitative estimate of drug-likeness (QED) is 0.782. The van der Waals surface area contributed by atoms with Crippen molar-refractivity contribution in [2.75, 3.05) is 12.3 Å². The molecule has 0 spiro atoms. The highest BCUT2D eigenvalue weighted by molar-refractivity contribution is 7.89. The molecule has 0 aliphatic carbocycles. The average Bonchev–Trinajstić information content (AvgIpc) is 2.84. The molecule has 3 N–H and O–H groups in total. The molecule has 114 valence electrons. The minimum atomic E-state index is -3.54. The maximum atomic E-state index is 12.2. The van der Waals surface area contributed by atoms with Gasteiger partial charge in [-0.15, -0.1) is 0 Å². The van der Waals surface area contributed by atoms with Crippen molar-refractivity contribution >= 4 is 15.7 Å². The summed E-state index contributed by atoms with van der Waals surface area (Å²) in [5, 5.41) is 4.20. The summed E-state index contributed by atoms with van der Waals surface area (Å²) in [6, 6.07) is 6.70. The van der Waals surface area contributed by atoms with Crippen molar-refractivity contribution < 1.29 is 8.42 Å². The van der Waals surface area contributed by atoms with E-state index in [1.807, 2.05) is 26.2 Å². The van der Waals surface area contributed by atoms with Gasteiger partial charge in [0.05, 0.1) is 10.6 Å². The molecule has 0 saturated heterocycles. The third kappa shape index (κ3) is 3.83. The maximum Gasteiger partial charge on any atom is 0.240 e. The molecule has 0 bridgehead atoms. The molecule has 0 radical (unpaired) electrons. The van der Waals surface area contributed by atoms with E-state index in [2.05, 4.69) is 9.82 Å². The molecule has 0 saturated carbocycles. The summed E-state index contributed by atoms with van der Waals surface area (Å²) >= 11 is 0. The van der Waals surface area contributed by atoms with Crippen LogP contribution in [0.15, 0.2) is 35.4 Å². The highest BCUT2D eigenvalue weighted by Gasteiger charge is 2.14. The molecule has 6 nitrogen and oxygen atoms in total. The van der Waals surface area contributed by atoms with Crippen LogP contribution in [-0.4, -0.2) is 24.7 Å². The van der Waals surface area contributed by atoms with E-state index >= 15 is 0 Å². The molecular weight excluding hydrogens is 288 g/mol. The number of nitrogen functional groups attached to an aromatic ring is 1. The predicted molar refractivity (Wildman–Crippen MR) is 82.3 cm³/mol. The van der Waals surface area contributed by atoms with E-state index < -0.39 is 10.0 Å². The molecule has 1 aromatic carbocycles. The van der Waals surface area contributed by atoms with Crippen LogP contribution < -0.4 is 10.5 Å². The molecule has 2 aromatic rings. The molecule has 7 heteroatoms. The Hall–Kier alpha value is -1.86. The number of sulfonamides is 1. The lowest BCUT2D eigenvalue weighted by molar-refractivity contribution is 0.581. The first-order valence-corrected chi connectivity index (χ1v) is 8.27. The van der Waals surface area contributed by atoms with Gasteiger partial charge in [0.25, 0.3) is 0 Å². The lowest BCUT2D eigenvalue weighted by Gasteiger charge is -2.09. The van der Waals surface area contributed by atoms with Crippen LogP contribution in [0.4, 0.5) is 5.69 Å². The van der Waals surface area contributed by atoms with E-state index in [0.717, 1.165) is 17.7 Å². The van der Waals surface area contributed by atoms with Gasteiger partial charge in [0.2, 0.25) is 10.0 Å². The van der Waals surface area contributed by atoms with Crippen molar-refractivity contribution in [2.24, 2.45) is 7.05 Å². The van der Waals surface area contributed by atoms with Crippen molar-refractivity contribution in [1.82, 2.24) is 14.5 Å². The monoisotopic (exact) mass is 308 g/mol. The van der Waals surface area contributed by atoms with Crippen LogP contribution in [-0.2, 0) is 29.9 Å². The van der Waals surface area contributed by atoms with Gasteiger partial charge in [0.1, 0.15) is 0 Å². The fraction of sp³-hybridized carbons (Fsp3) is 0.357. The third-order valence-electron chi connectivity index (χ3n) is 3.25. The molecule has 21 heavy (non-hydrogen) atoms. The minimum Gasteiger partial charge on any atom is -0.398 e. The Kier molecular flexibility index (Phi) is 4.64. The molecule has 1 aromatic heterocycles. The van der Waals surface area contributed by atoms with Crippen LogP contribution in [0, 0.1) is 0 Å². The number of anilines is 1. The Balaban J connectivity index is 2.02. The molecule has 0 amide bonds. The largest absolute Gasteiger partial charge is 0.398 e. The lowest BCUT2D eigenvalue weighted by Crippen LogP contribution is -2.26. The summed E-state index contributed by atoms with van der Waals surface area (Å²) in [5.41, 5.74) is 8.15. The van der Waals surface area contributed by atoms with Gasteiger partial charge >= 0.3 is 0 Å². The number of rotatable bonds is 6. The predicted octanol–water partition coefficient (Wildman–Crippen LogP) is 1.09. The van der Waals surface area contributed by atoms with E-state index in [-0.39, 0.29) is 4.90 Å². The summed E-state index contributed by atoms with van der Waals surface area (Å²) in [6.07, 6.45) is 3.15. The van der Waals surface area contributed by atoms with E-state index in [1.165, 1.54) is 6.07 Å².